The number of aliphatic carboxylic acids is 1. The zero-order valence-electron chi connectivity index (χ0n) is 19.6. The number of allylic oxidation sites excluding steroid dienone is 3. The summed E-state index contributed by atoms with van der Waals surface area (Å²) in [5.74, 6) is 0.00474. The van der Waals surface area contributed by atoms with Crippen LogP contribution in [0, 0.1) is 0 Å². The van der Waals surface area contributed by atoms with Gasteiger partial charge in [-0.2, -0.15) is 0 Å². The number of ketones is 1. The molecule has 2 aromatic carbocycles. The van der Waals surface area contributed by atoms with Crippen molar-refractivity contribution in [3.63, 3.8) is 0 Å². The molecule has 32 heavy (non-hydrogen) atoms. The van der Waals surface area contributed by atoms with Crippen LogP contribution < -0.4 is 9.47 Å². The van der Waals surface area contributed by atoms with Crippen LogP contribution in [0.2, 0.25) is 0 Å². The van der Waals surface area contributed by atoms with E-state index in [4.69, 9.17) is 9.47 Å². The first-order valence-corrected chi connectivity index (χ1v) is 10.7. The minimum Gasteiger partial charge on any atom is -0.479 e. The standard InChI is InChI=1S/C27H32O5/c1-7-21(8-2)32-22-14-15-23(25(17-22)31-18(3)26(29)30)24(28)16-11-19-9-12-20(13-10-19)27(4,5)6/h7,9-18H,8H2,1-6H3,(H,29,30)/b16-11+,21-7+. The van der Waals surface area contributed by atoms with E-state index < -0.39 is 12.1 Å². The molecule has 1 unspecified atom stereocenters. The number of hydrogen-bond acceptors (Lipinski definition) is 4. The van der Waals surface area contributed by atoms with E-state index >= 15 is 0 Å². The smallest absolute Gasteiger partial charge is 0.344 e. The van der Waals surface area contributed by atoms with Gasteiger partial charge in [-0.15, -0.1) is 0 Å². The highest BCUT2D eigenvalue weighted by molar-refractivity contribution is 6.08. The predicted octanol–water partition coefficient (Wildman–Crippen LogP) is 6.42. The molecule has 0 fully saturated rings. The van der Waals surface area contributed by atoms with Gasteiger partial charge >= 0.3 is 5.97 Å². The maximum atomic E-state index is 12.9. The van der Waals surface area contributed by atoms with Crippen LogP contribution in [-0.4, -0.2) is 23.0 Å². The fraction of sp³-hybridized carbons (Fsp3) is 0.333. The predicted molar refractivity (Wildman–Crippen MR) is 127 cm³/mol. The second-order valence-corrected chi connectivity index (χ2v) is 8.54. The van der Waals surface area contributed by atoms with Crippen molar-refractivity contribution in [2.75, 3.05) is 0 Å². The van der Waals surface area contributed by atoms with Crippen molar-refractivity contribution in [1.82, 2.24) is 0 Å². The number of ether oxygens (including phenoxy) is 2. The molecule has 0 radical (unpaired) electrons. The Hall–Kier alpha value is -3.34. The highest BCUT2D eigenvalue weighted by Gasteiger charge is 2.19. The van der Waals surface area contributed by atoms with Crippen LogP contribution in [0.5, 0.6) is 11.5 Å². The molecule has 0 aliphatic carbocycles. The molecule has 0 bridgehead atoms. The van der Waals surface area contributed by atoms with E-state index in [-0.39, 0.29) is 22.5 Å². The van der Waals surface area contributed by atoms with Gasteiger partial charge < -0.3 is 14.6 Å². The monoisotopic (exact) mass is 436 g/mol. The fourth-order valence-electron chi connectivity index (χ4n) is 2.95. The lowest BCUT2D eigenvalue weighted by atomic mass is 9.87. The van der Waals surface area contributed by atoms with E-state index in [0.717, 1.165) is 11.3 Å². The number of carbonyl (C=O) groups excluding carboxylic acids is 1. The molecule has 0 heterocycles. The van der Waals surface area contributed by atoms with Gasteiger partial charge in [-0.05, 0) is 54.7 Å². The van der Waals surface area contributed by atoms with Crippen molar-refractivity contribution in [2.45, 2.75) is 59.5 Å². The van der Waals surface area contributed by atoms with Gasteiger partial charge in [0, 0.05) is 12.5 Å². The molecule has 0 spiro atoms. The van der Waals surface area contributed by atoms with Gasteiger partial charge in [0.25, 0.3) is 0 Å². The summed E-state index contributed by atoms with van der Waals surface area (Å²) in [5.41, 5.74) is 2.43. The number of rotatable bonds is 9. The average molecular weight is 437 g/mol. The van der Waals surface area contributed by atoms with Crippen LogP contribution in [-0.2, 0) is 10.2 Å². The zero-order chi connectivity index (χ0) is 23.9. The molecule has 170 valence electrons. The Morgan fingerprint density at radius 1 is 1.09 bits per heavy atom. The third kappa shape index (κ3) is 6.84. The molecular weight excluding hydrogens is 404 g/mol. The molecule has 2 rings (SSSR count). The summed E-state index contributed by atoms with van der Waals surface area (Å²) in [5, 5.41) is 9.23. The molecule has 2 aromatic rings. The lowest BCUT2D eigenvalue weighted by Crippen LogP contribution is -2.23. The first-order valence-electron chi connectivity index (χ1n) is 10.7. The van der Waals surface area contributed by atoms with Gasteiger partial charge in [0.2, 0.25) is 0 Å². The maximum absolute atomic E-state index is 12.9. The summed E-state index contributed by atoms with van der Waals surface area (Å²) >= 11 is 0. The summed E-state index contributed by atoms with van der Waals surface area (Å²) < 4.78 is 11.4. The molecule has 0 saturated heterocycles. The third-order valence-electron chi connectivity index (χ3n) is 4.99. The second kappa shape index (κ2) is 10.8. The van der Waals surface area contributed by atoms with Gasteiger partial charge in [-0.25, -0.2) is 4.79 Å². The number of hydrogen-bond donors (Lipinski definition) is 1. The highest BCUT2D eigenvalue weighted by Crippen LogP contribution is 2.29. The first kappa shape index (κ1) is 24.9. The SMILES string of the molecule is C/C=C(\CC)Oc1ccc(C(=O)/C=C/c2ccc(C(C)(C)C)cc2)c(OC(C)C(=O)O)c1. The van der Waals surface area contributed by atoms with Crippen LogP contribution in [0.3, 0.4) is 0 Å². The largest absolute Gasteiger partial charge is 0.479 e. The molecule has 0 aliphatic rings. The van der Waals surface area contributed by atoms with Crippen molar-refractivity contribution < 1.29 is 24.2 Å². The van der Waals surface area contributed by atoms with Gasteiger partial charge in [0.15, 0.2) is 11.9 Å². The van der Waals surface area contributed by atoms with E-state index in [1.165, 1.54) is 18.6 Å². The Labute approximate surface area is 190 Å². The number of carbonyl (C=O) groups is 2. The van der Waals surface area contributed by atoms with Crippen molar-refractivity contribution >= 4 is 17.8 Å². The maximum Gasteiger partial charge on any atom is 0.344 e. The molecule has 0 aromatic heterocycles. The molecular formula is C27H32O5. The van der Waals surface area contributed by atoms with Crippen LogP contribution in [0.25, 0.3) is 6.08 Å². The Morgan fingerprint density at radius 3 is 2.28 bits per heavy atom. The van der Waals surface area contributed by atoms with Crippen LogP contribution in [0.15, 0.2) is 60.4 Å². The summed E-state index contributed by atoms with van der Waals surface area (Å²) in [6.45, 7) is 11.7. The summed E-state index contributed by atoms with van der Waals surface area (Å²) in [6, 6.07) is 12.9. The van der Waals surface area contributed by atoms with Crippen LogP contribution in [0.1, 0.15) is 69.4 Å². The summed E-state index contributed by atoms with van der Waals surface area (Å²) in [7, 11) is 0. The molecule has 5 heteroatoms. The lowest BCUT2D eigenvalue weighted by Gasteiger charge is -2.18. The van der Waals surface area contributed by atoms with E-state index in [1.807, 2.05) is 44.2 Å². The Kier molecular flexibility index (Phi) is 8.41. The quantitative estimate of drug-likeness (QED) is 0.279. The van der Waals surface area contributed by atoms with E-state index in [2.05, 4.69) is 20.8 Å². The molecule has 5 nitrogen and oxygen atoms in total. The van der Waals surface area contributed by atoms with Gasteiger partial charge in [0.1, 0.15) is 11.5 Å². The highest BCUT2D eigenvalue weighted by atomic mass is 16.5. The molecule has 0 saturated carbocycles. The van der Waals surface area contributed by atoms with Crippen molar-refractivity contribution in [3.8, 4) is 11.5 Å². The van der Waals surface area contributed by atoms with Crippen molar-refractivity contribution in [1.29, 1.82) is 0 Å². The minimum absolute atomic E-state index is 0.0551. The third-order valence-corrected chi connectivity index (χ3v) is 4.99. The summed E-state index contributed by atoms with van der Waals surface area (Å²) in [6.07, 6.45) is 4.64. The Morgan fingerprint density at radius 2 is 1.75 bits per heavy atom. The van der Waals surface area contributed by atoms with E-state index in [1.54, 1.807) is 24.3 Å². The van der Waals surface area contributed by atoms with Crippen LogP contribution in [0.4, 0.5) is 0 Å². The van der Waals surface area contributed by atoms with Gasteiger partial charge in [-0.3, -0.25) is 4.79 Å². The summed E-state index contributed by atoms with van der Waals surface area (Å²) in [4.78, 5) is 24.2. The lowest BCUT2D eigenvalue weighted by molar-refractivity contribution is -0.144. The average Bonchev–Trinajstić information content (AvgIpc) is 2.75. The van der Waals surface area contributed by atoms with Crippen molar-refractivity contribution in [3.05, 3.63) is 77.1 Å². The molecule has 0 aliphatic heterocycles. The van der Waals surface area contributed by atoms with Gasteiger partial charge in [-0.1, -0.05) is 58.0 Å². The number of carboxylic acid groups (broad SMARTS) is 1. The second-order valence-electron chi connectivity index (χ2n) is 8.54. The van der Waals surface area contributed by atoms with Crippen molar-refractivity contribution in [2.24, 2.45) is 0 Å². The zero-order valence-corrected chi connectivity index (χ0v) is 19.6. The molecule has 1 N–H and O–H groups in total. The molecule has 0 amide bonds. The Balaban J connectivity index is 2.31. The molecule has 1 atom stereocenters. The normalized spacial score (nSPS) is 13.1. The fourth-order valence-corrected chi connectivity index (χ4v) is 2.95. The number of carboxylic acids is 1. The van der Waals surface area contributed by atoms with Gasteiger partial charge in [0.05, 0.1) is 11.3 Å². The van der Waals surface area contributed by atoms with Crippen LogP contribution >= 0.6 is 0 Å². The Bertz CT molecular complexity index is 1010. The van der Waals surface area contributed by atoms with E-state index in [0.29, 0.717) is 12.2 Å². The first-order chi connectivity index (χ1) is 15.0. The number of benzene rings is 2. The minimum atomic E-state index is -1.12. The van der Waals surface area contributed by atoms with E-state index in [9.17, 15) is 14.7 Å². The topological polar surface area (TPSA) is 72.8 Å².